The molecule has 1 N–H and O–H groups in total. The second kappa shape index (κ2) is 5.83. The Morgan fingerprint density at radius 1 is 1.38 bits per heavy atom. The van der Waals surface area contributed by atoms with Crippen molar-refractivity contribution in [2.75, 3.05) is 19.8 Å². The van der Waals surface area contributed by atoms with Crippen LogP contribution in [0.2, 0.25) is 0 Å². The topological polar surface area (TPSA) is 21.3 Å². The molecule has 0 aliphatic heterocycles. The highest BCUT2D eigenvalue weighted by Crippen LogP contribution is 2.44. The molecule has 0 radical (unpaired) electrons. The fraction of sp³-hybridized carbons (Fsp3) is 0.857. The Kier molecular flexibility index (Phi) is 4.42. The van der Waals surface area contributed by atoms with E-state index in [0.717, 1.165) is 43.9 Å². The molecule has 2 aliphatic carbocycles. The maximum atomic E-state index is 5.34. The van der Waals surface area contributed by atoms with Crippen LogP contribution in [-0.4, -0.2) is 25.8 Å². The van der Waals surface area contributed by atoms with Crippen LogP contribution in [0.4, 0.5) is 0 Å². The number of allylic oxidation sites excluding steroid dienone is 2. The van der Waals surface area contributed by atoms with E-state index in [0.29, 0.717) is 6.04 Å². The van der Waals surface area contributed by atoms with Crippen LogP contribution in [0.5, 0.6) is 0 Å². The quantitative estimate of drug-likeness (QED) is 0.529. The minimum Gasteiger partial charge on any atom is -0.382 e. The molecule has 4 unspecified atom stereocenters. The molecule has 2 bridgehead atoms. The summed E-state index contributed by atoms with van der Waals surface area (Å²) in [6, 6.07) is 0.668. The molecular formula is C14H25NO. The summed E-state index contributed by atoms with van der Waals surface area (Å²) in [4.78, 5) is 0. The van der Waals surface area contributed by atoms with Gasteiger partial charge in [-0.2, -0.15) is 0 Å². The van der Waals surface area contributed by atoms with Crippen molar-refractivity contribution in [2.24, 2.45) is 17.8 Å². The van der Waals surface area contributed by atoms with E-state index in [4.69, 9.17) is 4.74 Å². The Morgan fingerprint density at radius 3 is 2.88 bits per heavy atom. The third kappa shape index (κ3) is 2.86. The smallest absolute Gasteiger partial charge is 0.0477 e. The molecule has 0 aromatic carbocycles. The standard InChI is InChI=1S/C14H25NO/c1-3-16-8-4-7-15-11(2)14-10-12-5-6-13(14)9-12/h5-6,11-15H,3-4,7-10H2,1-2H3. The molecule has 2 rings (SSSR count). The molecule has 0 amide bonds. The van der Waals surface area contributed by atoms with Crippen molar-refractivity contribution in [3.63, 3.8) is 0 Å². The molecule has 16 heavy (non-hydrogen) atoms. The van der Waals surface area contributed by atoms with Gasteiger partial charge in [0.05, 0.1) is 0 Å². The summed E-state index contributed by atoms with van der Waals surface area (Å²) in [5, 5.41) is 3.65. The highest BCUT2D eigenvalue weighted by atomic mass is 16.5. The summed E-state index contributed by atoms with van der Waals surface area (Å²) in [7, 11) is 0. The summed E-state index contributed by atoms with van der Waals surface area (Å²) in [6.07, 6.45) is 8.81. The monoisotopic (exact) mass is 223 g/mol. The lowest BCUT2D eigenvalue weighted by molar-refractivity contribution is 0.143. The molecule has 0 heterocycles. The van der Waals surface area contributed by atoms with Crippen LogP contribution in [0.1, 0.15) is 33.1 Å². The van der Waals surface area contributed by atoms with Gasteiger partial charge in [-0.05, 0) is 57.4 Å². The van der Waals surface area contributed by atoms with Crippen molar-refractivity contribution in [1.82, 2.24) is 5.32 Å². The van der Waals surface area contributed by atoms with Crippen LogP contribution in [-0.2, 0) is 4.74 Å². The molecular weight excluding hydrogens is 198 g/mol. The van der Waals surface area contributed by atoms with Gasteiger partial charge in [-0.3, -0.25) is 0 Å². The summed E-state index contributed by atoms with van der Waals surface area (Å²) in [5.41, 5.74) is 0. The van der Waals surface area contributed by atoms with E-state index < -0.39 is 0 Å². The molecule has 4 atom stereocenters. The van der Waals surface area contributed by atoms with Crippen LogP contribution >= 0.6 is 0 Å². The highest BCUT2D eigenvalue weighted by Gasteiger charge is 2.38. The summed E-state index contributed by atoms with van der Waals surface area (Å²) >= 11 is 0. The molecule has 2 heteroatoms. The second-order valence-electron chi connectivity index (χ2n) is 5.24. The number of ether oxygens (including phenoxy) is 1. The Balaban J connectivity index is 1.61. The fourth-order valence-electron chi connectivity index (χ4n) is 3.20. The van der Waals surface area contributed by atoms with E-state index in [1.807, 2.05) is 0 Å². The van der Waals surface area contributed by atoms with E-state index in [-0.39, 0.29) is 0 Å². The number of hydrogen-bond donors (Lipinski definition) is 1. The van der Waals surface area contributed by atoms with Gasteiger partial charge in [0, 0.05) is 19.3 Å². The van der Waals surface area contributed by atoms with Crippen molar-refractivity contribution >= 4 is 0 Å². The summed E-state index contributed by atoms with van der Waals surface area (Å²) in [6.45, 7) is 7.23. The van der Waals surface area contributed by atoms with Crippen LogP contribution in [0.15, 0.2) is 12.2 Å². The van der Waals surface area contributed by atoms with E-state index in [9.17, 15) is 0 Å². The molecule has 0 saturated heterocycles. The average molecular weight is 223 g/mol. The minimum atomic E-state index is 0.668. The highest BCUT2D eigenvalue weighted by molar-refractivity contribution is 5.11. The van der Waals surface area contributed by atoms with Crippen molar-refractivity contribution in [1.29, 1.82) is 0 Å². The zero-order chi connectivity index (χ0) is 11.4. The maximum Gasteiger partial charge on any atom is 0.0477 e. The first kappa shape index (κ1) is 12.1. The van der Waals surface area contributed by atoms with Crippen LogP contribution in [0.25, 0.3) is 0 Å². The molecule has 1 fully saturated rings. The van der Waals surface area contributed by atoms with Crippen molar-refractivity contribution in [2.45, 2.75) is 39.2 Å². The first-order valence-electron chi connectivity index (χ1n) is 6.80. The predicted octanol–water partition coefficient (Wildman–Crippen LogP) is 2.60. The zero-order valence-electron chi connectivity index (χ0n) is 10.6. The Morgan fingerprint density at radius 2 is 2.25 bits per heavy atom. The molecule has 0 spiro atoms. The maximum absolute atomic E-state index is 5.34. The van der Waals surface area contributed by atoms with Gasteiger partial charge >= 0.3 is 0 Å². The number of fused-ring (bicyclic) bond motifs is 2. The molecule has 2 aliphatic rings. The van der Waals surface area contributed by atoms with Crippen LogP contribution < -0.4 is 5.32 Å². The van der Waals surface area contributed by atoms with Crippen LogP contribution in [0, 0.1) is 17.8 Å². The van der Waals surface area contributed by atoms with Crippen LogP contribution in [0.3, 0.4) is 0 Å². The van der Waals surface area contributed by atoms with Crippen molar-refractivity contribution in [3.05, 3.63) is 12.2 Å². The van der Waals surface area contributed by atoms with Gasteiger partial charge in [-0.1, -0.05) is 12.2 Å². The second-order valence-corrected chi connectivity index (χ2v) is 5.24. The van der Waals surface area contributed by atoms with E-state index in [1.54, 1.807) is 0 Å². The van der Waals surface area contributed by atoms with Gasteiger partial charge in [-0.25, -0.2) is 0 Å². The Labute approximate surface area is 99.4 Å². The lowest BCUT2D eigenvalue weighted by Gasteiger charge is -2.26. The third-order valence-corrected chi connectivity index (χ3v) is 4.11. The molecule has 0 aromatic rings. The molecule has 0 aromatic heterocycles. The largest absolute Gasteiger partial charge is 0.382 e. The number of hydrogen-bond acceptors (Lipinski definition) is 2. The third-order valence-electron chi connectivity index (χ3n) is 4.11. The lowest BCUT2D eigenvalue weighted by Crippen LogP contribution is -2.36. The van der Waals surface area contributed by atoms with Gasteiger partial charge in [0.2, 0.25) is 0 Å². The average Bonchev–Trinajstić information content (AvgIpc) is 2.90. The van der Waals surface area contributed by atoms with Crippen molar-refractivity contribution < 1.29 is 4.74 Å². The lowest BCUT2D eigenvalue weighted by atomic mass is 9.87. The van der Waals surface area contributed by atoms with E-state index >= 15 is 0 Å². The number of rotatable bonds is 7. The van der Waals surface area contributed by atoms with Gasteiger partial charge in [0.25, 0.3) is 0 Å². The predicted molar refractivity (Wildman–Crippen MR) is 67.4 cm³/mol. The van der Waals surface area contributed by atoms with E-state index in [1.165, 1.54) is 12.8 Å². The van der Waals surface area contributed by atoms with E-state index in [2.05, 4.69) is 31.3 Å². The molecule has 2 nitrogen and oxygen atoms in total. The van der Waals surface area contributed by atoms with Gasteiger partial charge in [-0.15, -0.1) is 0 Å². The molecule has 1 saturated carbocycles. The number of nitrogens with one attached hydrogen (secondary N) is 1. The first-order valence-corrected chi connectivity index (χ1v) is 6.80. The van der Waals surface area contributed by atoms with Gasteiger partial charge in [0.1, 0.15) is 0 Å². The summed E-state index contributed by atoms with van der Waals surface area (Å²) in [5.74, 6) is 2.63. The Bertz CT molecular complexity index is 239. The van der Waals surface area contributed by atoms with Crippen molar-refractivity contribution in [3.8, 4) is 0 Å². The SMILES string of the molecule is CCOCCCNC(C)C1CC2C=CC1C2. The minimum absolute atomic E-state index is 0.668. The first-order chi connectivity index (χ1) is 7.81. The Hall–Kier alpha value is -0.340. The zero-order valence-corrected chi connectivity index (χ0v) is 10.6. The van der Waals surface area contributed by atoms with Gasteiger partial charge in [0.15, 0.2) is 0 Å². The normalized spacial score (nSPS) is 33.5. The summed E-state index contributed by atoms with van der Waals surface area (Å²) < 4.78 is 5.34. The fourth-order valence-corrected chi connectivity index (χ4v) is 3.20. The molecule has 92 valence electrons. The van der Waals surface area contributed by atoms with Gasteiger partial charge < -0.3 is 10.1 Å².